The van der Waals surface area contributed by atoms with Gasteiger partial charge in [-0.25, -0.2) is 4.99 Å². The third kappa shape index (κ3) is 6.01. The van der Waals surface area contributed by atoms with E-state index >= 15 is 0 Å². The quantitative estimate of drug-likeness (QED) is 0.484. The van der Waals surface area contributed by atoms with Gasteiger partial charge in [-0.05, 0) is 32.6 Å². The Morgan fingerprint density at radius 2 is 1.96 bits per heavy atom. The maximum absolute atomic E-state index is 11.7. The number of amides is 1. The van der Waals surface area contributed by atoms with Crippen LogP contribution in [0, 0.1) is 0 Å². The maximum Gasteiger partial charge on any atom is 0.241 e. The number of nitrogens with one attached hydrogen (secondary N) is 3. The first-order valence-corrected chi connectivity index (χ1v) is 9.28. The second-order valence-corrected chi connectivity index (χ2v) is 6.61. The number of carbonyl (C=O) groups excluding carboxylic acids is 1. The van der Waals surface area contributed by atoms with Crippen molar-refractivity contribution in [1.29, 1.82) is 0 Å². The SMILES string of the molecule is CCCNC(=O)CN=C(NCC)NC1CCN(C2CCCC2)C1. The summed E-state index contributed by atoms with van der Waals surface area (Å²) in [6, 6.07) is 1.23. The molecule has 0 radical (unpaired) electrons. The Morgan fingerprint density at radius 1 is 1.17 bits per heavy atom. The zero-order valence-corrected chi connectivity index (χ0v) is 14.7. The predicted molar refractivity (Wildman–Crippen MR) is 94.6 cm³/mol. The van der Waals surface area contributed by atoms with Crippen molar-refractivity contribution in [1.82, 2.24) is 20.9 Å². The topological polar surface area (TPSA) is 68.8 Å². The second-order valence-electron chi connectivity index (χ2n) is 6.61. The standard InChI is InChI=1S/C17H33N5O/c1-3-10-19-16(23)12-20-17(18-4-2)21-14-9-11-22(13-14)15-7-5-6-8-15/h14-15H,3-13H2,1-2H3,(H,19,23)(H2,18,20,21). The normalized spacial score (nSPS) is 23.2. The van der Waals surface area contributed by atoms with Crippen molar-refractivity contribution in [2.75, 3.05) is 32.7 Å². The van der Waals surface area contributed by atoms with Crippen LogP contribution in [-0.4, -0.2) is 61.6 Å². The zero-order chi connectivity index (χ0) is 16.5. The number of hydrogen-bond acceptors (Lipinski definition) is 3. The molecule has 6 nitrogen and oxygen atoms in total. The minimum atomic E-state index is -0.0111. The highest BCUT2D eigenvalue weighted by Gasteiger charge is 2.30. The van der Waals surface area contributed by atoms with E-state index in [1.165, 1.54) is 32.2 Å². The van der Waals surface area contributed by atoms with E-state index in [1.807, 2.05) is 13.8 Å². The van der Waals surface area contributed by atoms with Crippen LogP contribution in [0.1, 0.15) is 52.4 Å². The van der Waals surface area contributed by atoms with Crippen molar-refractivity contribution >= 4 is 11.9 Å². The van der Waals surface area contributed by atoms with Gasteiger partial charge in [0.05, 0.1) is 0 Å². The van der Waals surface area contributed by atoms with Gasteiger partial charge in [0, 0.05) is 38.3 Å². The van der Waals surface area contributed by atoms with E-state index in [9.17, 15) is 4.79 Å². The lowest BCUT2D eigenvalue weighted by Gasteiger charge is -2.24. The van der Waals surface area contributed by atoms with Gasteiger partial charge in [-0.2, -0.15) is 0 Å². The lowest BCUT2D eigenvalue weighted by Crippen LogP contribution is -2.45. The maximum atomic E-state index is 11.7. The van der Waals surface area contributed by atoms with Crippen molar-refractivity contribution < 1.29 is 4.79 Å². The molecule has 0 spiro atoms. The molecule has 0 aromatic carbocycles. The molecule has 1 aliphatic carbocycles. The molecule has 1 unspecified atom stereocenters. The smallest absolute Gasteiger partial charge is 0.241 e. The Bertz CT molecular complexity index is 392. The molecule has 132 valence electrons. The lowest BCUT2D eigenvalue weighted by atomic mass is 10.2. The van der Waals surface area contributed by atoms with Crippen LogP contribution >= 0.6 is 0 Å². The molecular weight excluding hydrogens is 290 g/mol. The molecule has 23 heavy (non-hydrogen) atoms. The number of rotatable bonds is 7. The summed E-state index contributed by atoms with van der Waals surface area (Å²) in [5, 5.41) is 9.60. The van der Waals surface area contributed by atoms with E-state index in [0.717, 1.165) is 44.5 Å². The van der Waals surface area contributed by atoms with Crippen LogP contribution in [0.25, 0.3) is 0 Å². The second kappa shape index (κ2) is 9.75. The molecule has 2 fully saturated rings. The molecule has 1 aliphatic heterocycles. The minimum absolute atomic E-state index is 0.0111. The third-order valence-corrected chi connectivity index (χ3v) is 4.70. The number of hydrogen-bond donors (Lipinski definition) is 3. The highest BCUT2D eigenvalue weighted by atomic mass is 16.1. The van der Waals surface area contributed by atoms with Crippen molar-refractivity contribution in [3.63, 3.8) is 0 Å². The van der Waals surface area contributed by atoms with Crippen LogP contribution in [0.5, 0.6) is 0 Å². The van der Waals surface area contributed by atoms with E-state index in [4.69, 9.17) is 0 Å². The summed E-state index contributed by atoms with van der Waals surface area (Å²) in [4.78, 5) is 18.7. The van der Waals surface area contributed by atoms with Crippen LogP contribution in [0.2, 0.25) is 0 Å². The summed E-state index contributed by atoms with van der Waals surface area (Å²) in [5.41, 5.74) is 0. The average Bonchev–Trinajstić information content (AvgIpc) is 3.21. The largest absolute Gasteiger partial charge is 0.357 e. The van der Waals surface area contributed by atoms with Gasteiger partial charge in [-0.3, -0.25) is 9.69 Å². The number of likely N-dealkylation sites (tertiary alicyclic amines) is 1. The molecule has 0 aromatic rings. The summed E-state index contributed by atoms with van der Waals surface area (Å²) in [7, 11) is 0. The van der Waals surface area contributed by atoms with E-state index < -0.39 is 0 Å². The molecule has 1 heterocycles. The van der Waals surface area contributed by atoms with E-state index in [-0.39, 0.29) is 12.5 Å². The molecule has 1 saturated carbocycles. The van der Waals surface area contributed by atoms with Gasteiger partial charge < -0.3 is 16.0 Å². The molecule has 1 amide bonds. The Labute approximate surface area is 140 Å². The number of carbonyl (C=O) groups is 1. The van der Waals surface area contributed by atoms with Crippen molar-refractivity contribution in [2.24, 2.45) is 4.99 Å². The van der Waals surface area contributed by atoms with Gasteiger partial charge in [0.15, 0.2) is 5.96 Å². The first kappa shape index (κ1) is 18.0. The molecule has 2 aliphatic rings. The molecule has 0 bridgehead atoms. The molecule has 0 aromatic heterocycles. The highest BCUT2D eigenvalue weighted by molar-refractivity contribution is 5.85. The highest BCUT2D eigenvalue weighted by Crippen LogP contribution is 2.26. The predicted octanol–water partition coefficient (Wildman–Crippen LogP) is 1.08. The molecule has 3 N–H and O–H groups in total. The molecule has 1 saturated heterocycles. The van der Waals surface area contributed by atoms with Crippen LogP contribution < -0.4 is 16.0 Å². The van der Waals surface area contributed by atoms with Crippen LogP contribution in [-0.2, 0) is 4.79 Å². The van der Waals surface area contributed by atoms with Gasteiger partial charge >= 0.3 is 0 Å². The van der Waals surface area contributed by atoms with Gasteiger partial charge in [-0.1, -0.05) is 19.8 Å². The summed E-state index contributed by atoms with van der Waals surface area (Å²) in [6.45, 7) is 8.09. The molecular formula is C17H33N5O. The van der Waals surface area contributed by atoms with E-state index in [1.54, 1.807) is 0 Å². The fourth-order valence-electron chi connectivity index (χ4n) is 3.49. The summed E-state index contributed by atoms with van der Waals surface area (Å²) >= 11 is 0. The monoisotopic (exact) mass is 323 g/mol. The summed E-state index contributed by atoms with van der Waals surface area (Å²) < 4.78 is 0. The average molecular weight is 323 g/mol. The Hall–Kier alpha value is -1.30. The third-order valence-electron chi connectivity index (χ3n) is 4.70. The zero-order valence-electron chi connectivity index (χ0n) is 14.7. The molecule has 2 rings (SSSR count). The van der Waals surface area contributed by atoms with Crippen molar-refractivity contribution in [3.05, 3.63) is 0 Å². The Morgan fingerprint density at radius 3 is 2.65 bits per heavy atom. The first-order chi connectivity index (χ1) is 11.2. The van der Waals surface area contributed by atoms with Crippen molar-refractivity contribution in [3.8, 4) is 0 Å². The molecule has 1 atom stereocenters. The van der Waals surface area contributed by atoms with Crippen LogP contribution in [0.15, 0.2) is 4.99 Å². The molecule has 6 heteroatoms. The van der Waals surface area contributed by atoms with Crippen LogP contribution in [0.4, 0.5) is 0 Å². The van der Waals surface area contributed by atoms with Gasteiger partial charge in [0.25, 0.3) is 0 Å². The fourth-order valence-corrected chi connectivity index (χ4v) is 3.49. The Balaban J connectivity index is 1.78. The van der Waals surface area contributed by atoms with Gasteiger partial charge in [0.1, 0.15) is 6.54 Å². The lowest BCUT2D eigenvalue weighted by molar-refractivity contribution is -0.119. The Kier molecular flexibility index (Phi) is 7.65. The van der Waals surface area contributed by atoms with E-state index in [0.29, 0.717) is 6.04 Å². The number of nitrogens with zero attached hydrogens (tertiary/aromatic N) is 2. The summed E-state index contributed by atoms with van der Waals surface area (Å²) in [6.07, 6.45) is 7.60. The van der Waals surface area contributed by atoms with E-state index in [2.05, 4.69) is 25.8 Å². The van der Waals surface area contributed by atoms with Crippen LogP contribution in [0.3, 0.4) is 0 Å². The fraction of sp³-hybridized carbons (Fsp3) is 0.882. The van der Waals surface area contributed by atoms with Gasteiger partial charge in [0.2, 0.25) is 5.91 Å². The first-order valence-electron chi connectivity index (χ1n) is 9.28. The summed E-state index contributed by atoms with van der Waals surface area (Å²) in [5.74, 6) is 0.750. The van der Waals surface area contributed by atoms with Crippen molar-refractivity contribution in [2.45, 2.75) is 64.5 Å². The van der Waals surface area contributed by atoms with Gasteiger partial charge in [-0.15, -0.1) is 0 Å². The number of guanidine groups is 1. The minimum Gasteiger partial charge on any atom is -0.357 e. The number of aliphatic imine (C=N–C) groups is 1.